The van der Waals surface area contributed by atoms with Crippen molar-refractivity contribution in [1.82, 2.24) is 4.57 Å². The molecule has 5 rings (SSSR count). The summed E-state index contributed by atoms with van der Waals surface area (Å²) >= 11 is 2.80. The number of allylic oxidation sites excluding steroid dienone is 1. The van der Waals surface area contributed by atoms with E-state index in [0.29, 0.717) is 26.2 Å². The number of carbonyl (C=O) groups is 2. The van der Waals surface area contributed by atoms with Gasteiger partial charge in [-0.25, -0.2) is 14.6 Å². The van der Waals surface area contributed by atoms with Gasteiger partial charge in [-0.05, 0) is 67.6 Å². The van der Waals surface area contributed by atoms with Crippen LogP contribution in [-0.4, -0.2) is 34.3 Å². The molecule has 1 aliphatic rings. The molecule has 0 spiro atoms. The zero-order valence-corrected chi connectivity index (χ0v) is 24.9. The molecule has 3 aromatic carbocycles. The van der Waals surface area contributed by atoms with E-state index < -0.39 is 22.9 Å². The molecule has 0 fully saturated rings. The summed E-state index contributed by atoms with van der Waals surface area (Å²) in [6.07, 6.45) is 3.67. The molecule has 0 aliphatic carbocycles. The minimum absolute atomic E-state index is 0.0505. The topological polar surface area (TPSA) is 130 Å². The van der Waals surface area contributed by atoms with Crippen molar-refractivity contribution in [2.45, 2.75) is 24.8 Å². The van der Waals surface area contributed by atoms with Crippen LogP contribution in [0, 0.1) is 10.1 Å². The van der Waals surface area contributed by atoms with Crippen LogP contribution >= 0.6 is 23.1 Å². The van der Waals surface area contributed by atoms with Gasteiger partial charge in [-0.2, -0.15) is 0 Å². The molecule has 0 amide bonds. The monoisotopic (exact) mass is 615 g/mol. The molecule has 0 radical (unpaired) electrons. The van der Waals surface area contributed by atoms with Gasteiger partial charge in [-0.15, -0.1) is 11.8 Å². The van der Waals surface area contributed by atoms with E-state index in [4.69, 9.17) is 9.47 Å². The van der Waals surface area contributed by atoms with E-state index >= 15 is 0 Å². The van der Waals surface area contributed by atoms with Crippen molar-refractivity contribution in [2.75, 3.05) is 12.9 Å². The highest BCUT2D eigenvalue weighted by Gasteiger charge is 2.33. The number of fused-ring (bicyclic) bond motifs is 1. The van der Waals surface area contributed by atoms with Crippen molar-refractivity contribution in [2.24, 2.45) is 4.99 Å². The van der Waals surface area contributed by atoms with Crippen molar-refractivity contribution in [3.63, 3.8) is 0 Å². The van der Waals surface area contributed by atoms with Gasteiger partial charge >= 0.3 is 11.9 Å². The van der Waals surface area contributed by atoms with Crippen LogP contribution in [0.25, 0.3) is 6.08 Å². The maximum atomic E-state index is 13.8. The van der Waals surface area contributed by atoms with Gasteiger partial charge in [0.25, 0.3) is 11.2 Å². The first-order valence-electron chi connectivity index (χ1n) is 13.1. The average Bonchev–Trinajstić information content (AvgIpc) is 3.31. The van der Waals surface area contributed by atoms with Crippen molar-refractivity contribution in [1.29, 1.82) is 0 Å². The Kier molecular flexibility index (Phi) is 8.69. The van der Waals surface area contributed by atoms with Crippen LogP contribution in [-0.2, 0) is 9.53 Å². The summed E-state index contributed by atoms with van der Waals surface area (Å²) in [5.41, 5.74) is 1.76. The zero-order chi connectivity index (χ0) is 30.7. The number of nitro groups is 1. The molecule has 0 saturated heterocycles. The zero-order valence-electron chi connectivity index (χ0n) is 23.3. The van der Waals surface area contributed by atoms with E-state index in [1.807, 2.05) is 30.5 Å². The van der Waals surface area contributed by atoms with Crippen LogP contribution in [0.1, 0.15) is 41.4 Å². The lowest BCUT2D eigenvalue weighted by Gasteiger charge is -2.24. The van der Waals surface area contributed by atoms with E-state index in [1.54, 1.807) is 56.0 Å². The second-order valence-electron chi connectivity index (χ2n) is 9.34. The summed E-state index contributed by atoms with van der Waals surface area (Å²) in [5.74, 6) is -1.02. The number of thioether (sulfide) groups is 1. The predicted molar refractivity (Wildman–Crippen MR) is 163 cm³/mol. The third-order valence-corrected chi connectivity index (χ3v) is 8.36. The second kappa shape index (κ2) is 12.6. The highest BCUT2D eigenvalue weighted by Crippen LogP contribution is 2.31. The number of benzene rings is 3. The van der Waals surface area contributed by atoms with Crippen molar-refractivity contribution >= 4 is 46.8 Å². The van der Waals surface area contributed by atoms with E-state index in [-0.39, 0.29) is 29.2 Å². The Labute approximate surface area is 253 Å². The van der Waals surface area contributed by atoms with Crippen molar-refractivity contribution in [3.8, 4) is 5.75 Å². The largest absolute Gasteiger partial charge is 0.463 e. The normalized spacial score (nSPS) is 14.6. The number of rotatable bonds is 8. The molecule has 218 valence electrons. The lowest BCUT2D eigenvalue weighted by atomic mass is 9.96. The Balaban J connectivity index is 1.48. The van der Waals surface area contributed by atoms with Crippen molar-refractivity contribution < 1.29 is 24.0 Å². The fourth-order valence-electron chi connectivity index (χ4n) is 4.59. The van der Waals surface area contributed by atoms with Gasteiger partial charge in [0.05, 0.1) is 38.9 Å². The quantitative estimate of drug-likeness (QED) is 0.0921. The lowest BCUT2D eigenvalue weighted by Crippen LogP contribution is -2.39. The second-order valence-corrected chi connectivity index (χ2v) is 11.2. The number of hydrogen-bond acceptors (Lipinski definition) is 10. The first kappa shape index (κ1) is 29.7. The smallest absolute Gasteiger partial charge is 0.343 e. The molecule has 0 saturated carbocycles. The summed E-state index contributed by atoms with van der Waals surface area (Å²) in [7, 11) is 0. The number of nitrogens with zero attached hydrogens (tertiary/aromatic N) is 3. The minimum Gasteiger partial charge on any atom is -0.463 e. The van der Waals surface area contributed by atoms with Gasteiger partial charge in [0.1, 0.15) is 5.75 Å². The van der Waals surface area contributed by atoms with Crippen LogP contribution in [0.2, 0.25) is 0 Å². The summed E-state index contributed by atoms with van der Waals surface area (Å²) in [6.45, 7) is 3.65. The molecular weight excluding hydrogens is 590 g/mol. The predicted octanol–water partition coefficient (Wildman–Crippen LogP) is 4.65. The van der Waals surface area contributed by atoms with Crippen LogP contribution < -0.4 is 19.6 Å². The third kappa shape index (κ3) is 6.20. The van der Waals surface area contributed by atoms with Crippen molar-refractivity contribution in [3.05, 3.63) is 131 Å². The molecule has 10 nitrogen and oxygen atoms in total. The molecule has 2 heterocycles. The molecule has 4 aromatic rings. The van der Waals surface area contributed by atoms with Gasteiger partial charge in [0.2, 0.25) is 0 Å². The number of esters is 2. The number of non-ortho nitro benzene ring substituents is 1. The maximum absolute atomic E-state index is 13.8. The van der Waals surface area contributed by atoms with E-state index in [0.717, 1.165) is 16.5 Å². The fourth-order valence-corrected chi connectivity index (χ4v) is 6.04. The number of ether oxygens (including phenoxy) is 2. The van der Waals surface area contributed by atoms with E-state index in [9.17, 15) is 24.5 Å². The Bertz CT molecular complexity index is 1940. The van der Waals surface area contributed by atoms with Crippen LogP contribution in [0.15, 0.2) is 98.7 Å². The molecule has 0 bridgehead atoms. The molecule has 1 aliphatic heterocycles. The lowest BCUT2D eigenvalue weighted by molar-refractivity contribution is -0.384. The summed E-state index contributed by atoms with van der Waals surface area (Å²) < 4.78 is 12.6. The molecular formula is C31H25N3O7S2. The Morgan fingerprint density at radius 1 is 1.09 bits per heavy atom. The molecule has 1 aromatic heterocycles. The van der Waals surface area contributed by atoms with Gasteiger partial charge < -0.3 is 9.47 Å². The van der Waals surface area contributed by atoms with E-state index in [1.165, 1.54) is 34.1 Å². The Morgan fingerprint density at radius 3 is 2.47 bits per heavy atom. The Hall–Kier alpha value is -4.81. The van der Waals surface area contributed by atoms with Crippen LogP contribution in [0.4, 0.5) is 5.69 Å². The van der Waals surface area contributed by atoms with Gasteiger partial charge in [-0.3, -0.25) is 19.5 Å². The maximum Gasteiger partial charge on any atom is 0.343 e. The minimum atomic E-state index is -0.733. The number of nitro benzene ring substituents is 1. The standard InChI is InChI=1S/C31H25N3O7S2/c1-4-40-30(37)26-18(2)32-31-33(27(26)20-10-14-24(42-3)15-11-20)28(35)25(43-31)16-19-8-12-23(13-9-19)41-29(36)21-6-5-7-22(17-21)34(38)39/h5-17,27H,4H2,1-3H3/b25-16-/t27-/m1/s1. The molecule has 12 heteroatoms. The first-order valence-corrected chi connectivity index (χ1v) is 15.1. The summed E-state index contributed by atoms with van der Waals surface area (Å²) in [6, 6.07) is 18.8. The first-order chi connectivity index (χ1) is 20.7. The number of aromatic nitrogens is 1. The number of hydrogen-bond donors (Lipinski definition) is 0. The molecule has 43 heavy (non-hydrogen) atoms. The number of carbonyl (C=O) groups excluding carboxylic acids is 2. The molecule has 1 atom stereocenters. The van der Waals surface area contributed by atoms with Gasteiger partial charge in [-0.1, -0.05) is 41.7 Å². The van der Waals surface area contributed by atoms with Crippen LogP contribution in [0.5, 0.6) is 5.75 Å². The number of thiazole rings is 1. The molecule has 0 unspecified atom stereocenters. The van der Waals surface area contributed by atoms with E-state index in [2.05, 4.69) is 4.99 Å². The van der Waals surface area contributed by atoms with Gasteiger partial charge in [0.15, 0.2) is 4.80 Å². The van der Waals surface area contributed by atoms with Gasteiger partial charge in [0, 0.05) is 17.0 Å². The average molecular weight is 616 g/mol. The molecule has 0 N–H and O–H groups in total. The Morgan fingerprint density at radius 2 is 1.81 bits per heavy atom. The van der Waals surface area contributed by atoms with Crippen LogP contribution in [0.3, 0.4) is 0 Å². The highest BCUT2D eigenvalue weighted by molar-refractivity contribution is 7.98. The highest BCUT2D eigenvalue weighted by atomic mass is 32.2. The summed E-state index contributed by atoms with van der Waals surface area (Å²) in [5, 5.41) is 11.0. The fraction of sp³-hybridized carbons (Fsp3) is 0.161. The third-order valence-electron chi connectivity index (χ3n) is 6.63. The SMILES string of the molecule is CCOC(=O)C1=C(C)N=c2s/c(=C\c3ccc(OC(=O)c4cccc([N+](=O)[O-])c4)cc3)c(=O)n2[C@@H]1c1ccc(SC)cc1. The summed E-state index contributed by atoms with van der Waals surface area (Å²) in [4.78, 5) is 55.9.